The summed E-state index contributed by atoms with van der Waals surface area (Å²) >= 11 is 0. The maximum Gasteiger partial charge on any atom is 0.185 e. The van der Waals surface area contributed by atoms with Crippen LogP contribution in [0.3, 0.4) is 0 Å². The monoisotopic (exact) mass is 175 g/mol. The lowest BCUT2D eigenvalue weighted by molar-refractivity contribution is 0.104. The molecule has 1 rings (SSSR count). The zero-order valence-electron chi connectivity index (χ0n) is 6.75. The van der Waals surface area contributed by atoms with Crippen molar-refractivity contribution < 1.29 is 9.18 Å². The van der Waals surface area contributed by atoms with E-state index >= 15 is 0 Å². The lowest BCUT2D eigenvalue weighted by atomic mass is 10.1. The predicted molar refractivity (Wildman–Crippen MR) is 45.6 cm³/mol. The number of allylic oxidation sites excluding steroid dienone is 1. The van der Waals surface area contributed by atoms with Gasteiger partial charge in [-0.3, -0.25) is 4.79 Å². The average Bonchev–Trinajstić information content (AvgIpc) is 2.17. The number of carbonyl (C=O) groups is 1. The van der Waals surface area contributed by atoms with E-state index in [-0.39, 0.29) is 16.9 Å². The van der Waals surface area contributed by atoms with E-state index < -0.39 is 5.82 Å². The van der Waals surface area contributed by atoms with Crippen molar-refractivity contribution in [3.63, 3.8) is 0 Å². The Morgan fingerprint density at radius 3 is 2.85 bits per heavy atom. The van der Waals surface area contributed by atoms with Crippen molar-refractivity contribution in [1.29, 1.82) is 5.26 Å². The van der Waals surface area contributed by atoms with Gasteiger partial charge in [0.05, 0.1) is 5.56 Å². The summed E-state index contributed by atoms with van der Waals surface area (Å²) in [4.78, 5) is 11.0. The first kappa shape index (κ1) is 9.14. The van der Waals surface area contributed by atoms with E-state index in [0.717, 1.165) is 12.1 Å². The van der Waals surface area contributed by atoms with Gasteiger partial charge in [0, 0.05) is 5.56 Å². The van der Waals surface area contributed by atoms with Crippen LogP contribution in [0, 0.1) is 17.1 Å². The van der Waals surface area contributed by atoms with Crippen LogP contribution in [0.15, 0.2) is 30.9 Å². The smallest absolute Gasteiger partial charge is 0.185 e. The Morgan fingerprint density at radius 1 is 1.62 bits per heavy atom. The molecule has 0 N–H and O–H groups in total. The Kier molecular flexibility index (Phi) is 2.56. The van der Waals surface area contributed by atoms with Crippen molar-refractivity contribution in [1.82, 2.24) is 0 Å². The van der Waals surface area contributed by atoms with Crippen LogP contribution in [0.4, 0.5) is 4.39 Å². The number of hydrogen-bond acceptors (Lipinski definition) is 2. The Hall–Kier alpha value is -1.95. The van der Waals surface area contributed by atoms with Crippen LogP contribution < -0.4 is 0 Å². The SMILES string of the molecule is C=CC(=O)c1ccc(F)c(C#N)c1. The number of hydrogen-bond donors (Lipinski definition) is 0. The summed E-state index contributed by atoms with van der Waals surface area (Å²) in [5.74, 6) is -0.945. The molecule has 0 aliphatic heterocycles. The highest BCUT2D eigenvalue weighted by molar-refractivity contribution is 6.04. The van der Waals surface area contributed by atoms with Gasteiger partial charge in [0.25, 0.3) is 0 Å². The number of nitriles is 1. The Balaban J connectivity index is 3.23. The highest BCUT2D eigenvalue weighted by Gasteiger charge is 2.05. The molecular formula is C10H6FNO. The molecule has 0 unspecified atom stereocenters. The summed E-state index contributed by atoms with van der Waals surface area (Å²) in [6.45, 7) is 3.29. The number of nitrogens with zero attached hydrogens (tertiary/aromatic N) is 1. The highest BCUT2D eigenvalue weighted by atomic mass is 19.1. The average molecular weight is 175 g/mol. The highest BCUT2D eigenvalue weighted by Crippen LogP contribution is 2.10. The number of carbonyl (C=O) groups excluding carboxylic acids is 1. The van der Waals surface area contributed by atoms with Gasteiger partial charge in [-0.2, -0.15) is 5.26 Å². The zero-order chi connectivity index (χ0) is 9.84. The minimum absolute atomic E-state index is 0.132. The maximum absolute atomic E-state index is 12.8. The van der Waals surface area contributed by atoms with Crippen molar-refractivity contribution in [2.45, 2.75) is 0 Å². The third-order valence-electron chi connectivity index (χ3n) is 1.56. The van der Waals surface area contributed by atoms with Crippen molar-refractivity contribution in [2.24, 2.45) is 0 Å². The Bertz CT molecular complexity index is 404. The molecule has 64 valence electrons. The molecule has 0 radical (unpaired) electrons. The molecule has 0 aromatic heterocycles. The van der Waals surface area contributed by atoms with Gasteiger partial charge in [-0.25, -0.2) is 4.39 Å². The maximum atomic E-state index is 12.8. The second-order valence-corrected chi connectivity index (χ2v) is 2.37. The molecule has 0 spiro atoms. The van der Waals surface area contributed by atoms with Crippen LogP contribution in [0.1, 0.15) is 15.9 Å². The summed E-state index contributed by atoms with van der Waals surface area (Å²) in [7, 11) is 0. The van der Waals surface area contributed by atoms with E-state index in [4.69, 9.17) is 5.26 Å². The molecule has 0 aliphatic rings. The standard InChI is InChI=1S/C10H6FNO/c1-2-10(13)7-3-4-9(11)8(5-7)6-12/h2-5H,1H2. The van der Waals surface area contributed by atoms with E-state index in [1.54, 1.807) is 6.07 Å². The minimum Gasteiger partial charge on any atom is -0.289 e. The predicted octanol–water partition coefficient (Wildman–Crippen LogP) is 2.07. The van der Waals surface area contributed by atoms with Gasteiger partial charge < -0.3 is 0 Å². The molecular weight excluding hydrogens is 169 g/mol. The summed E-state index contributed by atoms with van der Waals surface area (Å²) in [5.41, 5.74) is 0.139. The summed E-state index contributed by atoms with van der Waals surface area (Å²) < 4.78 is 12.8. The first-order valence-electron chi connectivity index (χ1n) is 3.55. The third kappa shape index (κ3) is 1.79. The second-order valence-electron chi connectivity index (χ2n) is 2.37. The van der Waals surface area contributed by atoms with Crippen molar-refractivity contribution in [3.05, 3.63) is 47.8 Å². The Labute approximate surface area is 74.9 Å². The first-order chi connectivity index (χ1) is 6.19. The lowest BCUT2D eigenvalue weighted by Crippen LogP contribution is -1.95. The van der Waals surface area contributed by atoms with E-state index in [1.807, 2.05) is 0 Å². The van der Waals surface area contributed by atoms with E-state index in [2.05, 4.69) is 6.58 Å². The molecule has 13 heavy (non-hydrogen) atoms. The largest absolute Gasteiger partial charge is 0.289 e. The number of ketones is 1. The Morgan fingerprint density at radius 2 is 2.31 bits per heavy atom. The number of benzene rings is 1. The van der Waals surface area contributed by atoms with Gasteiger partial charge in [-0.1, -0.05) is 6.58 Å². The van der Waals surface area contributed by atoms with Crippen molar-refractivity contribution in [2.75, 3.05) is 0 Å². The third-order valence-corrected chi connectivity index (χ3v) is 1.56. The summed E-state index contributed by atoms with van der Waals surface area (Å²) in [5, 5.41) is 8.47. The molecule has 1 aromatic rings. The quantitative estimate of drug-likeness (QED) is 0.510. The molecule has 0 amide bonds. The van der Waals surface area contributed by atoms with Crippen LogP contribution in [0.2, 0.25) is 0 Å². The van der Waals surface area contributed by atoms with Gasteiger partial charge in [-0.05, 0) is 24.3 Å². The lowest BCUT2D eigenvalue weighted by Gasteiger charge is -1.96. The number of halogens is 1. The summed E-state index contributed by atoms with van der Waals surface area (Å²) in [6, 6.07) is 5.27. The van der Waals surface area contributed by atoms with Crippen LogP contribution in [-0.4, -0.2) is 5.78 Å². The number of rotatable bonds is 2. The van der Waals surface area contributed by atoms with Crippen molar-refractivity contribution in [3.8, 4) is 6.07 Å². The van der Waals surface area contributed by atoms with Gasteiger partial charge in [0.15, 0.2) is 5.78 Å². The topological polar surface area (TPSA) is 40.9 Å². The fourth-order valence-electron chi connectivity index (χ4n) is 0.882. The fourth-order valence-corrected chi connectivity index (χ4v) is 0.882. The fraction of sp³-hybridized carbons (Fsp3) is 0. The summed E-state index contributed by atoms with van der Waals surface area (Å²) in [6.07, 6.45) is 1.12. The van der Waals surface area contributed by atoms with Gasteiger partial charge in [0.2, 0.25) is 0 Å². The zero-order valence-corrected chi connectivity index (χ0v) is 6.75. The van der Waals surface area contributed by atoms with E-state index in [0.29, 0.717) is 0 Å². The molecule has 2 nitrogen and oxygen atoms in total. The van der Waals surface area contributed by atoms with Gasteiger partial charge in [0.1, 0.15) is 11.9 Å². The molecule has 0 heterocycles. The van der Waals surface area contributed by atoms with E-state index in [9.17, 15) is 9.18 Å². The van der Waals surface area contributed by atoms with Crippen molar-refractivity contribution >= 4 is 5.78 Å². The molecule has 0 saturated heterocycles. The van der Waals surface area contributed by atoms with E-state index in [1.165, 1.54) is 12.1 Å². The van der Waals surface area contributed by atoms with Crippen LogP contribution >= 0.6 is 0 Å². The molecule has 0 aliphatic carbocycles. The molecule has 3 heteroatoms. The second kappa shape index (κ2) is 3.63. The first-order valence-corrected chi connectivity index (χ1v) is 3.55. The normalized spacial score (nSPS) is 8.92. The molecule has 0 atom stereocenters. The van der Waals surface area contributed by atoms with Crippen LogP contribution in [0.5, 0.6) is 0 Å². The molecule has 0 saturated carbocycles. The molecule has 0 bridgehead atoms. The minimum atomic E-state index is -0.622. The van der Waals surface area contributed by atoms with Gasteiger partial charge in [-0.15, -0.1) is 0 Å². The van der Waals surface area contributed by atoms with Crippen LogP contribution in [0.25, 0.3) is 0 Å². The van der Waals surface area contributed by atoms with Gasteiger partial charge >= 0.3 is 0 Å². The molecule has 0 fully saturated rings. The van der Waals surface area contributed by atoms with Crippen LogP contribution in [-0.2, 0) is 0 Å². The molecule has 1 aromatic carbocycles.